The van der Waals surface area contributed by atoms with Crippen molar-refractivity contribution < 1.29 is 0 Å². The van der Waals surface area contributed by atoms with Gasteiger partial charge in [0.15, 0.2) is 5.82 Å². The van der Waals surface area contributed by atoms with Crippen molar-refractivity contribution >= 4 is 63.5 Å². The highest BCUT2D eigenvalue weighted by atomic mass is 28.2. The minimum atomic E-state index is -0.731. The monoisotopic (exact) mass is 667 g/mol. The molecule has 51 heavy (non-hydrogen) atoms. The number of fused-ring (bicyclic) bond motifs is 9. The molecule has 0 aliphatic carbocycles. The van der Waals surface area contributed by atoms with Crippen LogP contribution in [0.3, 0.4) is 0 Å². The van der Waals surface area contributed by atoms with Gasteiger partial charge in [0, 0.05) is 50.2 Å². The van der Waals surface area contributed by atoms with Crippen molar-refractivity contribution in [3.05, 3.63) is 164 Å². The first-order chi connectivity index (χ1) is 25.3. The topological polar surface area (TPSA) is 48.5 Å². The molecular formula is C45H29N5Si. The zero-order valence-electron chi connectivity index (χ0n) is 27.5. The lowest BCUT2D eigenvalue weighted by Crippen LogP contribution is -2.21. The summed E-state index contributed by atoms with van der Waals surface area (Å²) in [4.78, 5) is 15.5. The molecule has 11 rings (SSSR count). The summed E-state index contributed by atoms with van der Waals surface area (Å²) in [5, 5.41) is 7.49. The van der Waals surface area contributed by atoms with E-state index < -0.39 is 9.52 Å². The summed E-state index contributed by atoms with van der Waals surface area (Å²) in [6, 6.07) is 56.2. The molecule has 0 radical (unpaired) electrons. The van der Waals surface area contributed by atoms with E-state index >= 15 is 0 Å². The van der Waals surface area contributed by atoms with Crippen molar-refractivity contribution in [1.29, 1.82) is 0 Å². The summed E-state index contributed by atoms with van der Waals surface area (Å²) in [6.45, 7) is 0. The second-order valence-electron chi connectivity index (χ2n) is 13.3. The number of aromatic nitrogens is 5. The van der Waals surface area contributed by atoms with Crippen LogP contribution in [0.4, 0.5) is 0 Å². The Morgan fingerprint density at radius 1 is 0.412 bits per heavy atom. The van der Waals surface area contributed by atoms with Crippen LogP contribution in [0.25, 0.3) is 89.0 Å². The maximum atomic E-state index is 5.33. The van der Waals surface area contributed by atoms with Crippen LogP contribution in [0, 0.1) is 0 Å². The Labute approximate surface area is 296 Å². The minimum absolute atomic E-state index is 0.725. The summed E-state index contributed by atoms with van der Waals surface area (Å²) in [7, 11) is -0.731. The van der Waals surface area contributed by atoms with Crippen LogP contribution in [0.5, 0.6) is 0 Å². The van der Waals surface area contributed by atoms with Crippen LogP contribution in [-0.2, 0) is 0 Å². The molecule has 6 aromatic carbocycles. The molecule has 0 amide bonds. The minimum Gasteiger partial charge on any atom is -0.309 e. The molecule has 0 saturated carbocycles. The number of pyridine rings is 1. The van der Waals surface area contributed by atoms with E-state index in [1.54, 1.807) is 0 Å². The van der Waals surface area contributed by atoms with Crippen molar-refractivity contribution in [3.8, 4) is 45.4 Å². The maximum Gasteiger partial charge on any atom is 0.159 e. The molecule has 5 heterocycles. The van der Waals surface area contributed by atoms with Gasteiger partial charge in [-0.3, -0.25) is 0 Å². The van der Waals surface area contributed by atoms with E-state index in [1.807, 2.05) is 6.20 Å². The lowest BCUT2D eigenvalue weighted by molar-refractivity contribution is 1.17. The third-order valence-electron chi connectivity index (χ3n) is 10.4. The van der Waals surface area contributed by atoms with Gasteiger partial charge in [0.2, 0.25) is 0 Å². The van der Waals surface area contributed by atoms with Gasteiger partial charge in [0.05, 0.1) is 48.7 Å². The first kappa shape index (κ1) is 28.2. The van der Waals surface area contributed by atoms with Gasteiger partial charge in [-0.15, -0.1) is 0 Å². The van der Waals surface area contributed by atoms with Gasteiger partial charge in [-0.2, -0.15) is 0 Å². The van der Waals surface area contributed by atoms with Gasteiger partial charge in [-0.25, -0.2) is 15.0 Å². The SMILES string of the molecule is c1ccc(-n2c3ccccc3c3ccc(-c4ccc5c(n4)-c4nc(-c6ccc7c8ccccc8n(-c8ccccc8)c7c6)ncc4[SiH2]5)cc32)cc1. The molecule has 0 bridgehead atoms. The summed E-state index contributed by atoms with van der Waals surface area (Å²) in [6.07, 6.45) is 2.05. The Morgan fingerprint density at radius 2 is 0.941 bits per heavy atom. The molecular weight excluding hydrogens is 639 g/mol. The highest BCUT2D eigenvalue weighted by Crippen LogP contribution is 2.36. The van der Waals surface area contributed by atoms with Gasteiger partial charge >= 0.3 is 0 Å². The molecule has 0 N–H and O–H groups in total. The van der Waals surface area contributed by atoms with E-state index in [2.05, 4.69) is 167 Å². The molecule has 0 fully saturated rings. The molecule has 1 aliphatic rings. The standard InChI is InChI=1S/C45H29N5Si/c1-3-11-30(12-4-1)49-37-17-9-7-15-32(37)34-21-19-28(25-39(34)49)36-23-24-41-43(47-36)44-42(51-41)27-46-45(48-44)29-20-22-35-33-16-8-10-18-38(33)50(40(35)26-29)31-13-5-2-6-14-31/h1-27H,51H2. The molecule has 238 valence electrons. The van der Waals surface area contributed by atoms with E-state index in [1.165, 1.54) is 48.5 Å². The Bertz CT molecular complexity index is 2790. The van der Waals surface area contributed by atoms with Gasteiger partial charge in [-0.05, 0) is 65.0 Å². The zero-order valence-corrected chi connectivity index (χ0v) is 28.9. The lowest BCUT2D eigenvalue weighted by Gasteiger charge is -2.10. The number of rotatable bonds is 4. The lowest BCUT2D eigenvalue weighted by atomic mass is 10.1. The Kier molecular flexibility index (Phi) is 6.05. The molecule has 0 spiro atoms. The van der Waals surface area contributed by atoms with Crippen molar-refractivity contribution in [2.24, 2.45) is 0 Å². The van der Waals surface area contributed by atoms with E-state index in [-0.39, 0.29) is 0 Å². The van der Waals surface area contributed by atoms with Crippen LogP contribution in [0.2, 0.25) is 0 Å². The first-order valence-electron chi connectivity index (χ1n) is 17.3. The molecule has 5 nitrogen and oxygen atoms in total. The third kappa shape index (κ3) is 4.30. The Morgan fingerprint density at radius 3 is 1.59 bits per heavy atom. The summed E-state index contributed by atoms with van der Waals surface area (Å²) in [5.41, 5.74) is 12.0. The normalized spacial score (nSPS) is 12.7. The second kappa shape index (κ2) is 10.9. The number of nitrogens with zero attached hydrogens (tertiary/aromatic N) is 5. The van der Waals surface area contributed by atoms with Crippen LogP contribution in [-0.4, -0.2) is 33.6 Å². The number of para-hydroxylation sites is 4. The highest BCUT2D eigenvalue weighted by Gasteiger charge is 2.25. The number of benzene rings is 6. The Balaban J connectivity index is 1.03. The van der Waals surface area contributed by atoms with E-state index in [0.29, 0.717) is 0 Å². The number of hydrogen-bond acceptors (Lipinski definition) is 3. The maximum absolute atomic E-state index is 5.33. The smallest absolute Gasteiger partial charge is 0.159 e. The molecule has 10 aromatic rings. The molecule has 0 unspecified atom stereocenters. The van der Waals surface area contributed by atoms with Crippen LogP contribution in [0.1, 0.15) is 0 Å². The van der Waals surface area contributed by atoms with Crippen LogP contribution < -0.4 is 10.4 Å². The fourth-order valence-corrected chi connectivity index (χ4v) is 9.69. The zero-order chi connectivity index (χ0) is 33.5. The predicted molar refractivity (Wildman–Crippen MR) is 213 cm³/mol. The highest BCUT2D eigenvalue weighted by molar-refractivity contribution is 6.72. The van der Waals surface area contributed by atoms with Crippen molar-refractivity contribution in [3.63, 3.8) is 0 Å². The molecule has 1 aliphatic heterocycles. The average molecular weight is 668 g/mol. The molecule has 6 heteroatoms. The van der Waals surface area contributed by atoms with Crippen molar-refractivity contribution in [1.82, 2.24) is 24.1 Å². The summed E-state index contributed by atoms with van der Waals surface area (Å²) < 4.78 is 4.70. The third-order valence-corrected chi connectivity index (χ3v) is 12.2. The predicted octanol–water partition coefficient (Wildman–Crippen LogP) is 8.50. The van der Waals surface area contributed by atoms with Gasteiger partial charge in [0.25, 0.3) is 0 Å². The van der Waals surface area contributed by atoms with E-state index in [4.69, 9.17) is 15.0 Å². The molecule has 0 saturated heterocycles. The van der Waals surface area contributed by atoms with Crippen molar-refractivity contribution in [2.75, 3.05) is 0 Å². The fourth-order valence-electron chi connectivity index (χ4n) is 8.03. The van der Waals surface area contributed by atoms with Gasteiger partial charge in [-0.1, -0.05) is 103 Å². The van der Waals surface area contributed by atoms with Crippen LogP contribution >= 0.6 is 0 Å². The quantitative estimate of drug-likeness (QED) is 0.177. The van der Waals surface area contributed by atoms with E-state index in [9.17, 15) is 0 Å². The Hall–Kier alpha value is -6.63. The number of hydrogen-bond donors (Lipinski definition) is 0. The summed E-state index contributed by atoms with van der Waals surface area (Å²) in [5.74, 6) is 0.725. The van der Waals surface area contributed by atoms with Crippen LogP contribution in [0.15, 0.2) is 164 Å². The first-order valence-corrected chi connectivity index (χ1v) is 18.7. The average Bonchev–Trinajstić information content (AvgIpc) is 3.85. The van der Waals surface area contributed by atoms with Gasteiger partial charge in [0.1, 0.15) is 0 Å². The molecule has 4 aromatic heterocycles. The summed E-state index contributed by atoms with van der Waals surface area (Å²) >= 11 is 0. The molecule has 0 atom stereocenters. The van der Waals surface area contributed by atoms with Gasteiger partial charge < -0.3 is 9.13 Å². The fraction of sp³-hybridized carbons (Fsp3) is 0. The van der Waals surface area contributed by atoms with Crippen molar-refractivity contribution in [2.45, 2.75) is 0 Å². The largest absolute Gasteiger partial charge is 0.309 e. The van der Waals surface area contributed by atoms with E-state index in [0.717, 1.165) is 50.9 Å². The second-order valence-corrected chi connectivity index (χ2v) is 15.2.